The summed E-state index contributed by atoms with van der Waals surface area (Å²) in [5.74, 6) is 0.649. The Bertz CT molecular complexity index is 367. The molecule has 2 rings (SSSR count). The number of halogens is 2. The normalized spacial score (nSPS) is 24.9. The van der Waals surface area contributed by atoms with Gasteiger partial charge in [0.15, 0.2) is 0 Å². The lowest BCUT2D eigenvalue weighted by Crippen LogP contribution is -2.25. The molecule has 0 saturated heterocycles. The lowest BCUT2D eigenvalue weighted by atomic mass is 10.1. The Hall–Kier alpha value is -0.410. The minimum Gasteiger partial charge on any atom is -0.310 e. The van der Waals surface area contributed by atoms with E-state index in [-0.39, 0.29) is 5.82 Å². The van der Waals surface area contributed by atoms with Crippen molar-refractivity contribution < 1.29 is 4.39 Å². The van der Waals surface area contributed by atoms with Gasteiger partial charge in [-0.2, -0.15) is 0 Å². The first kappa shape index (κ1) is 12.1. The Morgan fingerprint density at radius 2 is 2.25 bits per heavy atom. The summed E-state index contributed by atoms with van der Waals surface area (Å²) in [5, 5.41) is 3.53. The maximum atomic E-state index is 13.0. The van der Waals surface area contributed by atoms with Crippen LogP contribution in [-0.2, 0) is 6.54 Å². The predicted octanol–water partition coefficient (Wildman–Crippen LogP) is 3.87. The largest absolute Gasteiger partial charge is 0.310 e. The monoisotopic (exact) mass is 285 g/mol. The van der Waals surface area contributed by atoms with Crippen molar-refractivity contribution in [3.05, 3.63) is 34.1 Å². The van der Waals surface area contributed by atoms with Crippen LogP contribution in [0.1, 0.15) is 31.7 Å². The van der Waals surface area contributed by atoms with E-state index < -0.39 is 0 Å². The molecular formula is C13H17BrFN. The van der Waals surface area contributed by atoms with Gasteiger partial charge in [0.1, 0.15) is 5.82 Å². The van der Waals surface area contributed by atoms with Crippen LogP contribution in [0.15, 0.2) is 22.7 Å². The summed E-state index contributed by atoms with van der Waals surface area (Å²) < 4.78 is 13.6. The summed E-state index contributed by atoms with van der Waals surface area (Å²) in [5.41, 5.74) is 1.13. The van der Waals surface area contributed by atoms with Crippen LogP contribution in [0.4, 0.5) is 4.39 Å². The molecule has 1 nitrogen and oxygen atoms in total. The minimum atomic E-state index is -0.196. The number of nitrogens with one attached hydrogen (secondary N) is 1. The molecule has 0 aliphatic heterocycles. The summed E-state index contributed by atoms with van der Waals surface area (Å²) >= 11 is 3.21. The van der Waals surface area contributed by atoms with Crippen LogP contribution in [0.3, 0.4) is 0 Å². The number of hydrogen-bond donors (Lipinski definition) is 1. The van der Waals surface area contributed by atoms with E-state index in [1.165, 1.54) is 25.3 Å². The molecule has 88 valence electrons. The van der Waals surface area contributed by atoms with Crippen molar-refractivity contribution in [1.82, 2.24) is 5.32 Å². The molecule has 1 aliphatic rings. The van der Waals surface area contributed by atoms with E-state index in [2.05, 4.69) is 28.2 Å². The molecule has 1 N–H and O–H groups in total. The molecule has 1 fully saturated rings. The van der Waals surface area contributed by atoms with Crippen LogP contribution >= 0.6 is 15.9 Å². The molecule has 0 amide bonds. The van der Waals surface area contributed by atoms with Crippen molar-refractivity contribution in [2.45, 2.75) is 38.8 Å². The quantitative estimate of drug-likeness (QED) is 0.889. The first-order valence-corrected chi connectivity index (χ1v) is 6.62. The van der Waals surface area contributed by atoms with Crippen molar-refractivity contribution in [3.8, 4) is 0 Å². The third-order valence-corrected chi connectivity index (χ3v) is 3.88. The van der Waals surface area contributed by atoms with E-state index >= 15 is 0 Å². The molecular weight excluding hydrogens is 269 g/mol. The van der Waals surface area contributed by atoms with E-state index in [4.69, 9.17) is 0 Å². The van der Waals surface area contributed by atoms with E-state index in [1.807, 2.05) is 12.1 Å². The van der Waals surface area contributed by atoms with Crippen LogP contribution < -0.4 is 5.32 Å². The van der Waals surface area contributed by atoms with Crippen molar-refractivity contribution in [2.75, 3.05) is 0 Å². The fourth-order valence-corrected chi connectivity index (χ4v) is 2.73. The Kier molecular flexibility index (Phi) is 3.98. The molecule has 0 aromatic heterocycles. The smallest absolute Gasteiger partial charge is 0.137 e. The standard InChI is InChI=1S/C13H17BrFN/c1-9-2-4-11(6-9)16-8-10-3-5-13(15)12(14)7-10/h3,5,7,9,11,16H,2,4,6,8H2,1H3. The number of benzene rings is 1. The van der Waals surface area contributed by atoms with Gasteiger partial charge in [0.05, 0.1) is 4.47 Å². The van der Waals surface area contributed by atoms with E-state index in [1.54, 1.807) is 0 Å². The maximum absolute atomic E-state index is 13.0. The zero-order chi connectivity index (χ0) is 11.5. The van der Waals surface area contributed by atoms with E-state index in [0.717, 1.165) is 18.0 Å². The SMILES string of the molecule is CC1CCC(NCc2ccc(F)c(Br)c2)C1. The molecule has 0 radical (unpaired) electrons. The summed E-state index contributed by atoms with van der Waals surface area (Å²) in [6, 6.07) is 5.84. The van der Waals surface area contributed by atoms with Crippen LogP contribution in [0.5, 0.6) is 0 Å². The number of hydrogen-bond acceptors (Lipinski definition) is 1. The lowest BCUT2D eigenvalue weighted by molar-refractivity contribution is 0.502. The highest BCUT2D eigenvalue weighted by atomic mass is 79.9. The Labute approximate surface area is 105 Å². The molecule has 16 heavy (non-hydrogen) atoms. The molecule has 0 bridgehead atoms. The van der Waals surface area contributed by atoms with Gasteiger partial charge in [-0.1, -0.05) is 13.0 Å². The van der Waals surface area contributed by atoms with Gasteiger partial charge in [-0.25, -0.2) is 4.39 Å². The molecule has 2 unspecified atom stereocenters. The van der Waals surface area contributed by atoms with E-state index in [9.17, 15) is 4.39 Å². The van der Waals surface area contributed by atoms with Gasteiger partial charge in [0.2, 0.25) is 0 Å². The molecule has 1 saturated carbocycles. The van der Waals surface area contributed by atoms with Gasteiger partial charge in [0.25, 0.3) is 0 Å². The molecule has 0 spiro atoms. The third kappa shape index (κ3) is 3.05. The third-order valence-electron chi connectivity index (χ3n) is 3.27. The first-order valence-electron chi connectivity index (χ1n) is 5.82. The second kappa shape index (κ2) is 5.28. The molecule has 0 heterocycles. The molecule has 1 aromatic rings. The molecule has 1 aromatic carbocycles. The second-order valence-electron chi connectivity index (χ2n) is 4.74. The Morgan fingerprint density at radius 3 is 2.88 bits per heavy atom. The van der Waals surface area contributed by atoms with Crippen LogP contribution in [0.25, 0.3) is 0 Å². The minimum absolute atomic E-state index is 0.196. The average molecular weight is 286 g/mol. The van der Waals surface area contributed by atoms with Crippen molar-refractivity contribution in [1.29, 1.82) is 0 Å². The van der Waals surface area contributed by atoms with E-state index in [0.29, 0.717) is 10.5 Å². The second-order valence-corrected chi connectivity index (χ2v) is 5.60. The van der Waals surface area contributed by atoms with Crippen LogP contribution in [0, 0.1) is 11.7 Å². The van der Waals surface area contributed by atoms with Gasteiger partial charge in [-0.05, 0) is 58.8 Å². The number of rotatable bonds is 3. The summed E-state index contributed by atoms with van der Waals surface area (Å²) in [7, 11) is 0. The van der Waals surface area contributed by atoms with Crippen LogP contribution in [-0.4, -0.2) is 6.04 Å². The molecule has 2 atom stereocenters. The van der Waals surface area contributed by atoms with Crippen molar-refractivity contribution >= 4 is 15.9 Å². The summed E-state index contributed by atoms with van der Waals surface area (Å²) in [4.78, 5) is 0. The van der Waals surface area contributed by atoms with Crippen molar-refractivity contribution in [3.63, 3.8) is 0 Å². The zero-order valence-corrected chi connectivity index (χ0v) is 11.1. The van der Waals surface area contributed by atoms with Crippen LogP contribution in [0.2, 0.25) is 0 Å². The van der Waals surface area contributed by atoms with Gasteiger partial charge in [-0.3, -0.25) is 0 Å². The summed E-state index contributed by atoms with van der Waals surface area (Å²) in [6.07, 6.45) is 3.86. The van der Waals surface area contributed by atoms with Gasteiger partial charge in [-0.15, -0.1) is 0 Å². The zero-order valence-electron chi connectivity index (χ0n) is 9.47. The average Bonchev–Trinajstić information content (AvgIpc) is 2.66. The van der Waals surface area contributed by atoms with Gasteiger partial charge in [0, 0.05) is 12.6 Å². The Morgan fingerprint density at radius 1 is 1.44 bits per heavy atom. The maximum Gasteiger partial charge on any atom is 0.137 e. The Balaban J connectivity index is 1.87. The topological polar surface area (TPSA) is 12.0 Å². The molecule has 3 heteroatoms. The highest BCUT2D eigenvalue weighted by Crippen LogP contribution is 2.25. The summed E-state index contributed by atoms with van der Waals surface area (Å²) in [6.45, 7) is 3.13. The van der Waals surface area contributed by atoms with Gasteiger partial charge >= 0.3 is 0 Å². The predicted molar refractivity (Wildman–Crippen MR) is 67.7 cm³/mol. The van der Waals surface area contributed by atoms with Gasteiger partial charge < -0.3 is 5.32 Å². The molecule has 1 aliphatic carbocycles. The fraction of sp³-hybridized carbons (Fsp3) is 0.538. The highest BCUT2D eigenvalue weighted by Gasteiger charge is 2.20. The first-order chi connectivity index (χ1) is 7.65. The highest BCUT2D eigenvalue weighted by molar-refractivity contribution is 9.10. The fourth-order valence-electron chi connectivity index (χ4n) is 2.30. The van der Waals surface area contributed by atoms with Crippen molar-refractivity contribution in [2.24, 2.45) is 5.92 Å². The lowest BCUT2D eigenvalue weighted by Gasteiger charge is -2.12.